The Labute approximate surface area is 86.3 Å². The van der Waals surface area contributed by atoms with Crippen molar-refractivity contribution in [3.8, 4) is 0 Å². The minimum absolute atomic E-state index is 0.581. The van der Waals surface area contributed by atoms with E-state index in [2.05, 4.69) is 32.0 Å². The molecule has 2 aliphatic carbocycles. The second-order valence-electron chi connectivity index (χ2n) is 5.58. The maximum absolute atomic E-state index is 2.39. The van der Waals surface area contributed by atoms with Crippen LogP contribution < -0.4 is 0 Å². The van der Waals surface area contributed by atoms with Gasteiger partial charge in [-0.3, -0.25) is 0 Å². The molecule has 0 heterocycles. The lowest BCUT2D eigenvalue weighted by molar-refractivity contribution is 0.620. The fraction of sp³-hybridized carbons (Fsp3) is 0.571. The van der Waals surface area contributed by atoms with Crippen LogP contribution in [0.25, 0.3) is 0 Å². The Bertz CT molecular complexity index is 374. The molecule has 1 atom stereocenters. The highest BCUT2D eigenvalue weighted by molar-refractivity contribution is 5.43. The number of rotatable bonds is 1. The largest absolute Gasteiger partial charge is 0.0617 e. The lowest BCUT2D eigenvalue weighted by atomic mass is 9.96. The number of benzene rings is 1. The van der Waals surface area contributed by atoms with Gasteiger partial charge in [0.05, 0.1) is 0 Å². The summed E-state index contributed by atoms with van der Waals surface area (Å²) in [5.74, 6) is 0.857. The summed E-state index contributed by atoms with van der Waals surface area (Å²) in [5, 5.41) is 0. The van der Waals surface area contributed by atoms with Crippen LogP contribution in [0.4, 0.5) is 0 Å². The Morgan fingerprint density at radius 1 is 1.21 bits per heavy atom. The van der Waals surface area contributed by atoms with Crippen LogP contribution in [0, 0.1) is 5.41 Å². The summed E-state index contributed by atoms with van der Waals surface area (Å²) < 4.78 is 0. The molecule has 0 amide bonds. The van der Waals surface area contributed by atoms with Gasteiger partial charge in [0.2, 0.25) is 0 Å². The first-order chi connectivity index (χ1) is 6.68. The zero-order valence-electron chi connectivity index (χ0n) is 9.14. The molecule has 74 valence electrons. The van der Waals surface area contributed by atoms with Crippen molar-refractivity contribution >= 4 is 0 Å². The van der Waals surface area contributed by atoms with E-state index in [4.69, 9.17) is 0 Å². The molecule has 0 aromatic heterocycles. The summed E-state index contributed by atoms with van der Waals surface area (Å²) >= 11 is 0. The molecule has 1 saturated carbocycles. The lowest BCUT2D eigenvalue weighted by Crippen LogP contribution is -1.95. The minimum atomic E-state index is 0.581. The van der Waals surface area contributed by atoms with E-state index in [0.717, 1.165) is 5.92 Å². The molecule has 1 fully saturated rings. The van der Waals surface area contributed by atoms with Crippen molar-refractivity contribution in [1.82, 2.24) is 0 Å². The molecule has 0 heteroatoms. The van der Waals surface area contributed by atoms with Crippen molar-refractivity contribution in [2.45, 2.75) is 45.4 Å². The van der Waals surface area contributed by atoms with Gasteiger partial charge in [0.15, 0.2) is 0 Å². The molecule has 1 aromatic rings. The molecule has 2 aliphatic rings. The zero-order chi connectivity index (χ0) is 9.76. The van der Waals surface area contributed by atoms with E-state index in [1.54, 1.807) is 16.7 Å². The van der Waals surface area contributed by atoms with Crippen molar-refractivity contribution in [3.63, 3.8) is 0 Å². The van der Waals surface area contributed by atoms with Crippen LogP contribution in [0.1, 0.15) is 49.3 Å². The van der Waals surface area contributed by atoms with Crippen LogP contribution in [-0.4, -0.2) is 0 Å². The number of hydrogen-bond donors (Lipinski definition) is 0. The molecule has 0 saturated heterocycles. The van der Waals surface area contributed by atoms with Crippen molar-refractivity contribution < 1.29 is 0 Å². The Balaban J connectivity index is 2.04. The number of hydrogen-bond acceptors (Lipinski definition) is 0. The highest BCUT2D eigenvalue weighted by Gasteiger charge is 2.47. The maximum atomic E-state index is 2.39. The van der Waals surface area contributed by atoms with Crippen LogP contribution in [0.3, 0.4) is 0 Å². The summed E-state index contributed by atoms with van der Waals surface area (Å²) in [5.41, 5.74) is 5.58. The second kappa shape index (κ2) is 2.62. The summed E-state index contributed by atoms with van der Waals surface area (Å²) in [7, 11) is 0. The molecule has 14 heavy (non-hydrogen) atoms. The van der Waals surface area contributed by atoms with E-state index in [1.165, 1.54) is 25.7 Å². The van der Waals surface area contributed by atoms with Crippen molar-refractivity contribution in [3.05, 3.63) is 34.9 Å². The Morgan fingerprint density at radius 3 is 2.71 bits per heavy atom. The highest BCUT2D eigenvalue weighted by atomic mass is 14.5. The smallest absolute Gasteiger partial charge is 0.0102 e. The first kappa shape index (κ1) is 8.52. The molecule has 0 aliphatic heterocycles. The van der Waals surface area contributed by atoms with Crippen LogP contribution in [-0.2, 0) is 12.8 Å². The maximum Gasteiger partial charge on any atom is -0.0102 e. The van der Waals surface area contributed by atoms with Crippen molar-refractivity contribution in [2.24, 2.45) is 5.41 Å². The fourth-order valence-corrected chi connectivity index (χ4v) is 2.97. The van der Waals surface area contributed by atoms with E-state index < -0.39 is 0 Å². The zero-order valence-corrected chi connectivity index (χ0v) is 9.14. The van der Waals surface area contributed by atoms with Crippen LogP contribution >= 0.6 is 0 Å². The van der Waals surface area contributed by atoms with Crippen molar-refractivity contribution in [2.75, 3.05) is 0 Å². The summed E-state index contributed by atoms with van der Waals surface area (Å²) in [6, 6.07) is 6.94. The third-order valence-corrected chi connectivity index (χ3v) is 4.07. The Hall–Kier alpha value is -0.780. The van der Waals surface area contributed by atoms with Gasteiger partial charge in [0.1, 0.15) is 0 Å². The molecule has 1 aromatic carbocycles. The standard InChI is InChI=1S/C14H18/c1-14(2)9-13(14)12-8-4-6-10-5-3-7-11(10)12/h4,6,8,13H,3,5,7,9H2,1-2H3/t13-/m0/s1. The first-order valence-electron chi connectivity index (χ1n) is 5.79. The second-order valence-corrected chi connectivity index (χ2v) is 5.58. The van der Waals surface area contributed by atoms with E-state index in [-0.39, 0.29) is 0 Å². The van der Waals surface area contributed by atoms with Gasteiger partial charge in [-0.05, 0) is 53.7 Å². The van der Waals surface area contributed by atoms with E-state index in [0.29, 0.717) is 5.41 Å². The monoisotopic (exact) mass is 186 g/mol. The SMILES string of the molecule is CC1(C)C[C@H]1c1cccc2c1CCC2. The molecule has 0 unspecified atom stereocenters. The van der Waals surface area contributed by atoms with Crippen molar-refractivity contribution in [1.29, 1.82) is 0 Å². The lowest BCUT2D eigenvalue weighted by Gasteiger charge is -2.09. The predicted molar refractivity (Wildman–Crippen MR) is 59.6 cm³/mol. The third kappa shape index (κ3) is 1.13. The summed E-state index contributed by atoms with van der Waals surface area (Å²) in [4.78, 5) is 0. The van der Waals surface area contributed by atoms with Gasteiger partial charge in [0, 0.05) is 0 Å². The minimum Gasteiger partial charge on any atom is -0.0617 e. The Morgan fingerprint density at radius 2 is 2.00 bits per heavy atom. The first-order valence-corrected chi connectivity index (χ1v) is 5.79. The van der Waals surface area contributed by atoms with Gasteiger partial charge in [0.25, 0.3) is 0 Å². The normalized spacial score (nSPS) is 27.4. The molecule has 0 bridgehead atoms. The molecule has 0 spiro atoms. The van der Waals surface area contributed by atoms with Crippen LogP contribution in [0.15, 0.2) is 18.2 Å². The average molecular weight is 186 g/mol. The van der Waals surface area contributed by atoms with Gasteiger partial charge in [-0.15, -0.1) is 0 Å². The Kier molecular flexibility index (Phi) is 1.60. The van der Waals surface area contributed by atoms with Crippen LogP contribution in [0.2, 0.25) is 0 Å². The molecule has 0 radical (unpaired) electrons. The quantitative estimate of drug-likeness (QED) is 0.627. The van der Waals surface area contributed by atoms with Crippen LogP contribution in [0.5, 0.6) is 0 Å². The molecule has 0 nitrogen and oxygen atoms in total. The van der Waals surface area contributed by atoms with E-state index >= 15 is 0 Å². The van der Waals surface area contributed by atoms with Gasteiger partial charge in [-0.2, -0.15) is 0 Å². The molecular weight excluding hydrogens is 168 g/mol. The summed E-state index contributed by atoms with van der Waals surface area (Å²) in [6.07, 6.45) is 5.41. The van der Waals surface area contributed by atoms with E-state index in [9.17, 15) is 0 Å². The molecular formula is C14H18. The van der Waals surface area contributed by atoms with E-state index in [1.807, 2.05) is 0 Å². The van der Waals surface area contributed by atoms with Gasteiger partial charge in [-0.25, -0.2) is 0 Å². The highest BCUT2D eigenvalue weighted by Crippen LogP contribution is 2.59. The van der Waals surface area contributed by atoms with Gasteiger partial charge >= 0.3 is 0 Å². The fourth-order valence-electron chi connectivity index (χ4n) is 2.97. The number of aryl methyl sites for hydroxylation is 1. The van der Waals surface area contributed by atoms with Gasteiger partial charge < -0.3 is 0 Å². The molecule has 0 N–H and O–H groups in total. The summed E-state index contributed by atoms with van der Waals surface area (Å²) in [6.45, 7) is 4.79. The number of fused-ring (bicyclic) bond motifs is 1. The van der Waals surface area contributed by atoms with Gasteiger partial charge in [-0.1, -0.05) is 32.0 Å². The third-order valence-electron chi connectivity index (χ3n) is 4.07. The average Bonchev–Trinajstić information content (AvgIpc) is 2.64. The predicted octanol–water partition coefficient (Wildman–Crippen LogP) is 3.69. The molecule has 3 rings (SSSR count). The topological polar surface area (TPSA) is 0 Å².